The fourth-order valence-corrected chi connectivity index (χ4v) is 1.41. The van der Waals surface area contributed by atoms with Crippen LogP contribution in [-0.2, 0) is 11.2 Å². The van der Waals surface area contributed by atoms with Crippen molar-refractivity contribution in [1.29, 1.82) is 0 Å². The van der Waals surface area contributed by atoms with Crippen LogP contribution in [0.2, 0.25) is 10.0 Å². The maximum atomic E-state index is 10.9. The summed E-state index contributed by atoms with van der Waals surface area (Å²) in [5, 5.41) is 9.51. The van der Waals surface area contributed by atoms with Crippen molar-refractivity contribution in [3.8, 4) is 0 Å². The summed E-state index contributed by atoms with van der Waals surface area (Å²) in [6, 6.07) is 4.91. The molecule has 0 unspecified atom stereocenters. The van der Waals surface area contributed by atoms with Crippen LogP contribution in [0.15, 0.2) is 18.2 Å². The van der Waals surface area contributed by atoms with E-state index in [1.54, 1.807) is 18.2 Å². The van der Waals surface area contributed by atoms with Gasteiger partial charge in [-0.2, -0.15) is 0 Å². The average molecular weight is 219 g/mol. The number of ketones is 1. The van der Waals surface area contributed by atoms with Crippen LogP contribution in [0, 0.1) is 0 Å². The van der Waals surface area contributed by atoms with Crippen LogP contribution in [0.4, 0.5) is 0 Å². The molecule has 0 fully saturated rings. The highest BCUT2D eigenvalue weighted by atomic mass is 35.5. The van der Waals surface area contributed by atoms with Gasteiger partial charge in [0.25, 0.3) is 0 Å². The highest BCUT2D eigenvalue weighted by Crippen LogP contribution is 2.21. The van der Waals surface area contributed by atoms with Crippen molar-refractivity contribution in [3.05, 3.63) is 33.8 Å². The molecule has 0 heterocycles. The Balaban J connectivity index is 2.83. The van der Waals surface area contributed by atoms with Crippen molar-refractivity contribution in [1.82, 2.24) is 0 Å². The Morgan fingerprint density at radius 3 is 2.62 bits per heavy atom. The lowest BCUT2D eigenvalue weighted by Gasteiger charge is -2.02. The topological polar surface area (TPSA) is 37.3 Å². The number of benzene rings is 1. The molecule has 0 saturated carbocycles. The van der Waals surface area contributed by atoms with E-state index in [1.807, 2.05) is 0 Å². The summed E-state index contributed by atoms with van der Waals surface area (Å²) in [7, 11) is 0. The second kappa shape index (κ2) is 4.61. The average Bonchev–Trinajstić information content (AvgIpc) is 2.09. The number of Topliss-reactive ketones (excluding diaryl/α,β-unsaturated/α-hetero) is 1. The Bertz CT molecular complexity index is 323. The lowest BCUT2D eigenvalue weighted by molar-refractivity contribution is -0.121. The Morgan fingerprint density at radius 2 is 2.08 bits per heavy atom. The minimum absolute atomic E-state index is 0.145. The number of rotatable bonds is 3. The molecule has 0 saturated heterocycles. The summed E-state index contributed by atoms with van der Waals surface area (Å²) in [6.45, 7) is -0.459. The molecule has 1 aromatic rings. The second-order valence-corrected chi connectivity index (χ2v) is 3.45. The molecule has 1 rings (SSSR count). The molecule has 0 radical (unpaired) electrons. The Labute approximate surface area is 86.1 Å². The van der Waals surface area contributed by atoms with Crippen LogP contribution in [-0.4, -0.2) is 17.5 Å². The molecule has 0 atom stereocenters. The summed E-state index contributed by atoms with van der Waals surface area (Å²) >= 11 is 11.5. The zero-order valence-electron chi connectivity index (χ0n) is 6.76. The molecule has 0 aliphatic carbocycles. The number of aliphatic hydroxyl groups excluding tert-OH is 1. The molecule has 70 valence electrons. The van der Waals surface area contributed by atoms with Crippen LogP contribution in [0.25, 0.3) is 0 Å². The fraction of sp³-hybridized carbons (Fsp3) is 0.222. The van der Waals surface area contributed by atoms with Gasteiger partial charge in [0.15, 0.2) is 5.78 Å². The fourth-order valence-electron chi connectivity index (χ4n) is 0.933. The van der Waals surface area contributed by atoms with Crippen molar-refractivity contribution in [2.24, 2.45) is 0 Å². The number of hydrogen-bond acceptors (Lipinski definition) is 2. The molecule has 1 aromatic carbocycles. The first-order chi connectivity index (χ1) is 6.13. The van der Waals surface area contributed by atoms with E-state index in [4.69, 9.17) is 28.3 Å². The number of halogens is 2. The highest BCUT2D eigenvalue weighted by molar-refractivity contribution is 6.35. The normalized spacial score (nSPS) is 10.1. The van der Waals surface area contributed by atoms with Gasteiger partial charge in [0, 0.05) is 16.5 Å². The van der Waals surface area contributed by atoms with Gasteiger partial charge in [0.2, 0.25) is 0 Å². The quantitative estimate of drug-likeness (QED) is 0.845. The van der Waals surface area contributed by atoms with Crippen LogP contribution in [0.5, 0.6) is 0 Å². The third-order valence-electron chi connectivity index (χ3n) is 1.58. The predicted octanol–water partition coefficient (Wildman–Crippen LogP) is 2.10. The summed E-state index contributed by atoms with van der Waals surface area (Å²) in [5.41, 5.74) is 0.685. The molecule has 0 amide bonds. The summed E-state index contributed by atoms with van der Waals surface area (Å²) in [4.78, 5) is 10.9. The highest BCUT2D eigenvalue weighted by Gasteiger charge is 2.05. The van der Waals surface area contributed by atoms with Gasteiger partial charge in [-0.1, -0.05) is 29.3 Å². The molecule has 13 heavy (non-hydrogen) atoms. The van der Waals surface area contributed by atoms with Gasteiger partial charge < -0.3 is 5.11 Å². The molecule has 0 aliphatic heterocycles. The van der Waals surface area contributed by atoms with Crippen molar-refractivity contribution >= 4 is 29.0 Å². The Hall–Kier alpha value is -0.570. The molecule has 0 spiro atoms. The Morgan fingerprint density at radius 1 is 1.38 bits per heavy atom. The zero-order valence-corrected chi connectivity index (χ0v) is 8.27. The summed E-state index contributed by atoms with van der Waals surface area (Å²) < 4.78 is 0. The minimum Gasteiger partial charge on any atom is -0.389 e. The number of carbonyl (C=O) groups excluding carboxylic acids is 1. The van der Waals surface area contributed by atoms with Gasteiger partial charge in [0.1, 0.15) is 6.61 Å². The van der Waals surface area contributed by atoms with Gasteiger partial charge in [-0.05, 0) is 17.7 Å². The van der Waals surface area contributed by atoms with E-state index in [1.165, 1.54) is 0 Å². The number of aliphatic hydroxyl groups is 1. The third kappa shape index (κ3) is 2.99. The maximum absolute atomic E-state index is 10.9. The van der Waals surface area contributed by atoms with E-state index in [0.29, 0.717) is 15.6 Å². The number of hydrogen-bond donors (Lipinski definition) is 1. The van der Waals surface area contributed by atoms with Crippen molar-refractivity contribution in [2.75, 3.05) is 6.61 Å². The van der Waals surface area contributed by atoms with Crippen molar-refractivity contribution in [3.63, 3.8) is 0 Å². The molecular formula is C9H8Cl2O2. The molecular weight excluding hydrogens is 211 g/mol. The molecule has 2 nitrogen and oxygen atoms in total. The first-order valence-electron chi connectivity index (χ1n) is 3.70. The zero-order chi connectivity index (χ0) is 9.84. The van der Waals surface area contributed by atoms with Crippen molar-refractivity contribution < 1.29 is 9.90 Å². The van der Waals surface area contributed by atoms with Crippen LogP contribution < -0.4 is 0 Å². The van der Waals surface area contributed by atoms with Gasteiger partial charge in [-0.15, -0.1) is 0 Å². The summed E-state index contributed by atoms with van der Waals surface area (Å²) in [6.07, 6.45) is 0.145. The van der Waals surface area contributed by atoms with Crippen LogP contribution in [0.3, 0.4) is 0 Å². The number of carbonyl (C=O) groups is 1. The minimum atomic E-state index is -0.459. The first kappa shape index (κ1) is 10.5. The molecule has 1 N–H and O–H groups in total. The third-order valence-corrected chi connectivity index (χ3v) is 2.17. The van der Waals surface area contributed by atoms with Gasteiger partial charge in [0.05, 0.1) is 0 Å². The standard InChI is InChI=1S/C9H8Cl2O2/c10-7-2-1-6(9(11)4-7)3-8(13)5-12/h1-2,4,12H,3,5H2. The maximum Gasteiger partial charge on any atom is 0.162 e. The lowest BCUT2D eigenvalue weighted by atomic mass is 10.1. The Kier molecular flexibility index (Phi) is 3.72. The summed E-state index contributed by atoms with van der Waals surface area (Å²) in [5.74, 6) is -0.260. The van der Waals surface area contributed by atoms with Gasteiger partial charge in [-0.3, -0.25) is 4.79 Å². The first-order valence-corrected chi connectivity index (χ1v) is 4.45. The largest absolute Gasteiger partial charge is 0.389 e. The van der Waals surface area contributed by atoms with Crippen LogP contribution >= 0.6 is 23.2 Å². The van der Waals surface area contributed by atoms with Crippen molar-refractivity contribution in [2.45, 2.75) is 6.42 Å². The smallest absolute Gasteiger partial charge is 0.162 e. The van der Waals surface area contributed by atoms with E-state index in [2.05, 4.69) is 0 Å². The van der Waals surface area contributed by atoms with Crippen LogP contribution in [0.1, 0.15) is 5.56 Å². The van der Waals surface area contributed by atoms with Gasteiger partial charge in [-0.25, -0.2) is 0 Å². The van der Waals surface area contributed by atoms with E-state index in [-0.39, 0.29) is 12.2 Å². The van der Waals surface area contributed by atoms with E-state index in [0.717, 1.165) is 0 Å². The monoisotopic (exact) mass is 218 g/mol. The molecule has 4 heteroatoms. The predicted molar refractivity (Wildman–Crippen MR) is 52.3 cm³/mol. The SMILES string of the molecule is O=C(CO)Cc1ccc(Cl)cc1Cl. The second-order valence-electron chi connectivity index (χ2n) is 2.61. The van der Waals surface area contributed by atoms with Gasteiger partial charge >= 0.3 is 0 Å². The molecule has 0 bridgehead atoms. The van der Waals surface area contributed by atoms with E-state index in [9.17, 15) is 4.79 Å². The van der Waals surface area contributed by atoms with E-state index < -0.39 is 6.61 Å². The van der Waals surface area contributed by atoms with E-state index >= 15 is 0 Å². The molecule has 0 aromatic heterocycles. The molecule has 0 aliphatic rings. The lowest BCUT2D eigenvalue weighted by Crippen LogP contribution is -2.07.